The van der Waals surface area contributed by atoms with Crippen molar-refractivity contribution >= 4 is 10.4 Å². The number of rotatable bonds is 3. The van der Waals surface area contributed by atoms with Crippen LogP contribution in [0.2, 0.25) is 0 Å². The maximum atomic E-state index is 8.52. The van der Waals surface area contributed by atoms with E-state index in [2.05, 4.69) is 0 Å². The molecule has 10 nitrogen and oxygen atoms in total. The van der Waals surface area contributed by atoms with E-state index in [1.807, 2.05) is 0 Å². The van der Waals surface area contributed by atoms with Crippen molar-refractivity contribution in [3.05, 3.63) is 0 Å². The van der Waals surface area contributed by atoms with Crippen molar-refractivity contribution in [1.29, 1.82) is 0 Å². The Hall–Kier alpha value is 0.253. The molecular formula is C6H24N6O4SZn. The molecule has 0 amide bonds. The molecule has 0 saturated carbocycles. The van der Waals surface area contributed by atoms with Crippen LogP contribution < -0.4 is 34.4 Å². The second-order valence-corrected chi connectivity index (χ2v) is 2.96. The Kier molecular flexibility index (Phi) is 52.2. The normalized spacial score (nSPS) is 8.22. The first kappa shape index (κ1) is 30.9. The minimum absolute atomic E-state index is 0. The summed E-state index contributed by atoms with van der Waals surface area (Å²) < 4.78 is 34.1. The van der Waals surface area contributed by atoms with Crippen molar-refractivity contribution in [1.82, 2.24) is 0 Å². The maximum Gasteiger partial charge on any atom is 2.00 e. The molecule has 0 unspecified atom stereocenters. The molecule has 0 radical (unpaired) electrons. The monoisotopic (exact) mass is 340 g/mol. The first-order chi connectivity index (χ1) is 7.74. The van der Waals surface area contributed by atoms with E-state index in [0.29, 0.717) is 39.3 Å². The molecule has 0 saturated heterocycles. The summed E-state index contributed by atoms with van der Waals surface area (Å²) in [7, 11) is -5.17. The van der Waals surface area contributed by atoms with Crippen LogP contribution in [-0.2, 0) is 29.9 Å². The van der Waals surface area contributed by atoms with Crippen LogP contribution in [-0.4, -0.2) is 56.8 Å². The largest absolute Gasteiger partial charge is 2.00 e. The van der Waals surface area contributed by atoms with E-state index in [9.17, 15) is 0 Å². The molecule has 0 aromatic carbocycles. The minimum atomic E-state index is -5.17. The van der Waals surface area contributed by atoms with Crippen LogP contribution in [0.15, 0.2) is 0 Å². The molecular weight excluding hydrogens is 318 g/mol. The van der Waals surface area contributed by atoms with Crippen LogP contribution in [0, 0.1) is 0 Å². The van der Waals surface area contributed by atoms with Gasteiger partial charge in [0, 0.05) is 49.7 Å². The Morgan fingerprint density at radius 3 is 0.667 bits per heavy atom. The van der Waals surface area contributed by atoms with Gasteiger partial charge in [-0.25, -0.2) is 0 Å². The molecule has 18 heavy (non-hydrogen) atoms. The predicted molar refractivity (Wildman–Crippen MR) is 64.8 cm³/mol. The fourth-order valence-electron chi connectivity index (χ4n) is 0. The van der Waals surface area contributed by atoms with Crippen molar-refractivity contribution < 1.29 is 37.0 Å². The van der Waals surface area contributed by atoms with Gasteiger partial charge in [-0.15, -0.1) is 0 Å². The van der Waals surface area contributed by atoms with E-state index in [0.717, 1.165) is 0 Å². The Labute approximate surface area is 121 Å². The third kappa shape index (κ3) is 357. The fourth-order valence-corrected chi connectivity index (χ4v) is 0. The summed E-state index contributed by atoms with van der Waals surface area (Å²) in [5.41, 5.74) is 29.4. The number of hydrogen-bond donors (Lipinski definition) is 6. The van der Waals surface area contributed by atoms with Gasteiger partial charge in [-0.05, 0) is 0 Å². The van der Waals surface area contributed by atoms with Crippen LogP contribution >= 0.6 is 0 Å². The molecule has 0 aromatic heterocycles. The Bertz CT molecular complexity index is 171. The van der Waals surface area contributed by atoms with Gasteiger partial charge in [0.05, 0.1) is 0 Å². The van der Waals surface area contributed by atoms with E-state index < -0.39 is 10.4 Å². The van der Waals surface area contributed by atoms with Crippen molar-refractivity contribution in [3.63, 3.8) is 0 Å². The minimum Gasteiger partial charge on any atom is -0.759 e. The molecule has 0 spiro atoms. The Morgan fingerprint density at radius 2 is 0.667 bits per heavy atom. The average Bonchev–Trinajstić information content (AvgIpc) is 2.27. The molecule has 0 aromatic rings. The quantitative estimate of drug-likeness (QED) is 0.163. The average molecular weight is 342 g/mol. The van der Waals surface area contributed by atoms with Gasteiger partial charge < -0.3 is 43.5 Å². The van der Waals surface area contributed by atoms with Gasteiger partial charge in [0.25, 0.3) is 0 Å². The molecule has 0 fully saturated rings. The van der Waals surface area contributed by atoms with Crippen LogP contribution in [0.1, 0.15) is 0 Å². The molecule has 0 bridgehead atoms. The topological polar surface area (TPSA) is 236 Å². The van der Waals surface area contributed by atoms with Crippen molar-refractivity contribution in [2.75, 3.05) is 39.3 Å². The Morgan fingerprint density at radius 1 is 0.611 bits per heavy atom. The summed E-state index contributed by atoms with van der Waals surface area (Å²) in [5, 5.41) is 0. The summed E-state index contributed by atoms with van der Waals surface area (Å²) in [6.07, 6.45) is 0. The smallest absolute Gasteiger partial charge is 0.759 e. The first-order valence-corrected chi connectivity index (χ1v) is 5.95. The van der Waals surface area contributed by atoms with E-state index in [4.69, 9.17) is 51.9 Å². The molecule has 12 heteroatoms. The zero-order valence-corrected chi connectivity index (χ0v) is 14.2. The Balaban J connectivity index is -0.0000000412. The van der Waals surface area contributed by atoms with E-state index in [1.165, 1.54) is 0 Å². The fraction of sp³-hybridized carbons (Fsp3) is 1.00. The molecule has 0 aliphatic rings. The van der Waals surface area contributed by atoms with E-state index in [-0.39, 0.29) is 19.5 Å². The molecule has 12 N–H and O–H groups in total. The van der Waals surface area contributed by atoms with Crippen molar-refractivity contribution in [3.8, 4) is 0 Å². The predicted octanol–water partition coefficient (Wildman–Crippen LogP) is -4.63. The third-order valence-corrected chi connectivity index (χ3v) is 0.500. The summed E-state index contributed by atoms with van der Waals surface area (Å²) in [4.78, 5) is 0. The zero-order valence-electron chi connectivity index (χ0n) is 10.5. The van der Waals surface area contributed by atoms with Crippen LogP contribution in [0.4, 0.5) is 0 Å². The SMILES string of the molecule is NCCN.NCCN.NCCN.O=S(=O)([O-])[O-].[Zn+2]. The van der Waals surface area contributed by atoms with Crippen LogP contribution in [0.5, 0.6) is 0 Å². The van der Waals surface area contributed by atoms with Crippen molar-refractivity contribution in [2.24, 2.45) is 34.4 Å². The van der Waals surface area contributed by atoms with E-state index >= 15 is 0 Å². The molecule has 0 atom stereocenters. The second-order valence-electron chi connectivity index (χ2n) is 2.14. The molecule has 110 valence electrons. The van der Waals surface area contributed by atoms with Gasteiger partial charge in [0.1, 0.15) is 0 Å². The van der Waals surface area contributed by atoms with Gasteiger partial charge in [0.15, 0.2) is 0 Å². The van der Waals surface area contributed by atoms with Crippen molar-refractivity contribution in [2.45, 2.75) is 0 Å². The standard InChI is InChI=1S/3C2H8N2.H2O4S.Zn/c3*3-1-2-4;1-5(2,3)4;/h3*1-4H2;(H2,1,2,3,4);/q;;;;+2/p-2. The number of nitrogens with two attached hydrogens (primary N) is 6. The zero-order chi connectivity index (χ0) is 14.7. The summed E-state index contributed by atoms with van der Waals surface area (Å²) in [5.74, 6) is 0. The molecule has 0 aliphatic heterocycles. The van der Waals surface area contributed by atoms with E-state index in [1.54, 1.807) is 0 Å². The van der Waals surface area contributed by atoms with Gasteiger partial charge in [-0.2, -0.15) is 0 Å². The van der Waals surface area contributed by atoms with Gasteiger partial charge in [-0.1, -0.05) is 0 Å². The second kappa shape index (κ2) is 30.4. The summed E-state index contributed by atoms with van der Waals surface area (Å²) >= 11 is 0. The molecule has 0 aliphatic carbocycles. The van der Waals surface area contributed by atoms with Gasteiger partial charge in [0.2, 0.25) is 0 Å². The summed E-state index contributed by atoms with van der Waals surface area (Å²) in [6, 6.07) is 0. The van der Waals surface area contributed by atoms with Gasteiger partial charge in [-0.3, -0.25) is 8.42 Å². The number of hydrogen-bond acceptors (Lipinski definition) is 10. The molecule has 0 rings (SSSR count). The van der Waals surface area contributed by atoms with Crippen LogP contribution in [0.25, 0.3) is 0 Å². The first-order valence-electron chi connectivity index (χ1n) is 4.62. The van der Waals surface area contributed by atoms with Gasteiger partial charge >= 0.3 is 19.5 Å². The summed E-state index contributed by atoms with van der Waals surface area (Å²) in [6.45, 7) is 3.58. The maximum absolute atomic E-state index is 8.52. The third-order valence-electron chi connectivity index (χ3n) is 0.500. The molecule has 0 heterocycles. The van der Waals surface area contributed by atoms with Crippen LogP contribution in [0.3, 0.4) is 0 Å².